The van der Waals surface area contributed by atoms with Gasteiger partial charge in [0.25, 0.3) is 11.7 Å². The third-order valence-electron chi connectivity index (χ3n) is 4.56. The van der Waals surface area contributed by atoms with Crippen LogP contribution in [0.5, 0.6) is 0 Å². The molecule has 29 heavy (non-hydrogen) atoms. The molecule has 1 heterocycles. The molecule has 1 aliphatic rings. The van der Waals surface area contributed by atoms with Crippen molar-refractivity contribution in [2.24, 2.45) is 0 Å². The molecular weight excluding hydrogens is 445 g/mol. The average Bonchev–Trinajstić information content (AvgIpc) is 2.96. The largest absolute Gasteiger partial charge is 0.507 e. The lowest BCUT2D eigenvalue weighted by molar-refractivity contribution is -0.140. The van der Waals surface area contributed by atoms with Crippen LogP contribution in [0.4, 0.5) is 4.39 Å². The van der Waals surface area contributed by atoms with Crippen molar-refractivity contribution in [3.63, 3.8) is 0 Å². The predicted octanol–water partition coefficient (Wildman–Crippen LogP) is 3.02. The second kappa shape index (κ2) is 9.30. The average molecular weight is 464 g/mol. The maximum Gasteiger partial charge on any atom is 0.295 e. The number of rotatable bonds is 7. The fourth-order valence-corrected chi connectivity index (χ4v) is 3.46. The number of nitrogens with zero attached hydrogens (tertiary/aromatic N) is 1. The quantitative estimate of drug-likeness (QED) is 0.285. The molecule has 2 aromatic rings. The first-order valence-corrected chi connectivity index (χ1v) is 9.71. The van der Waals surface area contributed by atoms with E-state index >= 15 is 0 Å². The molecule has 8 heteroatoms. The molecule has 1 amide bonds. The van der Waals surface area contributed by atoms with Gasteiger partial charge < -0.3 is 19.8 Å². The smallest absolute Gasteiger partial charge is 0.295 e. The molecule has 1 atom stereocenters. The Morgan fingerprint density at radius 1 is 1.07 bits per heavy atom. The molecule has 1 saturated heterocycles. The number of Topliss-reactive ketones (excluding diaryl/α,β-unsaturated/α-hetero) is 1. The standard InChI is InChI=1S/C21H19BrFNO5/c22-15-5-1-14(2-6-15)19(26)17-18(13-3-7-16(23)8-4-13)24(21(28)20(17)27)9-11-29-12-10-25/h1-8,18,25-26H,9-12H2. The zero-order valence-electron chi connectivity index (χ0n) is 15.3. The Balaban J connectivity index is 2.05. The molecule has 3 rings (SSSR count). The Kier molecular flexibility index (Phi) is 6.79. The summed E-state index contributed by atoms with van der Waals surface area (Å²) in [5.41, 5.74) is 0.812. The van der Waals surface area contributed by atoms with E-state index in [1.54, 1.807) is 24.3 Å². The Labute approximate surface area is 175 Å². The molecule has 0 saturated carbocycles. The van der Waals surface area contributed by atoms with E-state index in [1.807, 2.05) is 0 Å². The highest BCUT2D eigenvalue weighted by molar-refractivity contribution is 9.10. The highest BCUT2D eigenvalue weighted by Crippen LogP contribution is 2.39. The molecular formula is C21H19BrFNO5. The monoisotopic (exact) mass is 463 g/mol. The minimum atomic E-state index is -0.878. The van der Waals surface area contributed by atoms with Gasteiger partial charge in [0, 0.05) is 16.6 Å². The van der Waals surface area contributed by atoms with E-state index in [9.17, 15) is 19.1 Å². The van der Waals surface area contributed by atoms with Gasteiger partial charge in [-0.3, -0.25) is 9.59 Å². The van der Waals surface area contributed by atoms with E-state index in [0.29, 0.717) is 11.1 Å². The van der Waals surface area contributed by atoms with E-state index < -0.39 is 23.5 Å². The topological polar surface area (TPSA) is 87.1 Å². The highest BCUT2D eigenvalue weighted by atomic mass is 79.9. The van der Waals surface area contributed by atoms with Crippen LogP contribution < -0.4 is 0 Å². The molecule has 2 aromatic carbocycles. The van der Waals surface area contributed by atoms with Crippen molar-refractivity contribution in [1.29, 1.82) is 0 Å². The lowest BCUT2D eigenvalue weighted by atomic mass is 9.95. The summed E-state index contributed by atoms with van der Waals surface area (Å²) in [6.45, 7) is 0.112. The van der Waals surface area contributed by atoms with Crippen LogP contribution in [-0.4, -0.2) is 53.2 Å². The van der Waals surface area contributed by atoms with Crippen molar-refractivity contribution >= 4 is 33.4 Å². The van der Waals surface area contributed by atoms with Crippen LogP contribution in [0.3, 0.4) is 0 Å². The second-order valence-electron chi connectivity index (χ2n) is 6.39. The summed E-state index contributed by atoms with van der Waals surface area (Å²) in [5.74, 6) is -2.35. The first-order chi connectivity index (χ1) is 13.9. The Morgan fingerprint density at radius 2 is 1.72 bits per heavy atom. The number of aliphatic hydroxyl groups excluding tert-OH is 2. The summed E-state index contributed by atoms with van der Waals surface area (Å²) in [4.78, 5) is 26.7. The maximum atomic E-state index is 13.4. The number of ether oxygens (including phenoxy) is 1. The Morgan fingerprint density at radius 3 is 2.34 bits per heavy atom. The SMILES string of the molecule is O=C1C(=O)N(CCOCCO)C(c2ccc(F)cc2)C1=C(O)c1ccc(Br)cc1. The number of hydrogen-bond donors (Lipinski definition) is 2. The van der Waals surface area contributed by atoms with E-state index in [-0.39, 0.29) is 37.7 Å². The third-order valence-corrected chi connectivity index (χ3v) is 5.08. The Hall–Kier alpha value is -2.55. The van der Waals surface area contributed by atoms with Gasteiger partial charge in [-0.1, -0.05) is 40.2 Å². The number of hydrogen-bond acceptors (Lipinski definition) is 5. The molecule has 1 aliphatic heterocycles. The number of ketones is 1. The molecule has 0 radical (unpaired) electrons. The zero-order chi connectivity index (χ0) is 21.0. The molecule has 0 aromatic heterocycles. The van der Waals surface area contributed by atoms with Crippen molar-refractivity contribution in [2.75, 3.05) is 26.4 Å². The van der Waals surface area contributed by atoms with Crippen LogP contribution in [0.2, 0.25) is 0 Å². The summed E-state index contributed by atoms with van der Waals surface area (Å²) in [7, 11) is 0. The van der Waals surface area contributed by atoms with Crippen LogP contribution in [0, 0.1) is 5.82 Å². The van der Waals surface area contributed by atoms with Gasteiger partial charge in [0.2, 0.25) is 0 Å². The van der Waals surface area contributed by atoms with Gasteiger partial charge in [-0.25, -0.2) is 4.39 Å². The molecule has 0 aliphatic carbocycles. The molecule has 1 fully saturated rings. The number of amides is 1. The lowest BCUT2D eigenvalue weighted by Crippen LogP contribution is -2.33. The van der Waals surface area contributed by atoms with Crippen LogP contribution in [0.15, 0.2) is 58.6 Å². The van der Waals surface area contributed by atoms with Gasteiger partial charge >= 0.3 is 0 Å². The second-order valence-corrected chi connectivity index (χ2v) is 7.30. The summed E-state index contributed by atoms with van der Waals surface area (Å²) >= 11 is 3.31. The van der Waals surface area contributed by atoms with Crippen molar-refractivity contribution in [2.45, 2.75) is 6.04 Å². The molecule has 152 valence electrons. The van der Waals surface area contributed by atoms with Gasteiger partial charge in [-0.05, 0) is 29.8 Å². The van der Waals surface area contributed by atoms with Crippen LogP contribution in [0.1, 0.15) is 17.2 Å². The first-order valence-electron chi connectivity index (χ1n) is 8.92. The number of benzene rings is 2. The van der Waals surface area contributed by atoms with E-state index in [2.05, 4.69) is 15.9 Å². The normalized spacial score (nSPS) is 18.4. The van der Waals surface area contributed by atoms with Crippen LogP contribution >= 0.6 is 15.9 Å². The van der Waals surface area contributed by atoms with Crippen molar-refractivity contribution < 1.29 is 28.9 Å². The molecule has 2 N–H and O–H groups in total. The maximum absolute atomic E-state index is 13.4. The molecule has 1 unspecified atom stereocenters. The number of likely N-dealkylation sites (tertiary alicyclic amines) is 1. The van der Waals surface area contributed by atoms with Crippen molar-refractivity contribution in [1.82, 2.24) is 4.90 Å². The van der Waals surface area contributed by atoms with Gasteiger partial charge in [0.1, 0.15) is 11.6 Å². The van der Waals surface area contributed by atoms with E-state index in [0.717, 1.165) is 4.47 Å². The zero-order valence-corrected chi connectivity index (χ0v) is 16.9. The highest BCUT2D eigenvalue weighted by Gasteiger charge is 2.45. The summed E-state index contributed by atoms with van der Waals surface area (Å²) in [6, 6.07) is 11.2. The molecule has 6 nitrogen and oxygen atoms in total. The summed E-state index contributed by atoms with van der Waals surface area (Å²) < 4.78 is 19.4. The molecule has 0 spiro atoms. The third kappa shape index (κ3) is 4.55. The number of carbonyl (C=O) groups excluding carboxylic acids is 2. The molecule has 0 bridgehead atoms. The van der Waals surface area contributed by atoms with Crippen molar-refractivity contribution in [3.05, 3.63) is 75.5 Å². The minimum absolute atomic E-state index is 0.0638. The number of aliphatic hydroxyl groups is 2. The Bertz CT molecular complexity index is 927. The van der Waals surface area contributed by atoms with E-state index in [1.165, 1.54) is 29.2 Å². The van der Waals surface area contributed by atoms with Gasteiger partial charge in [-0.2, -0.15) is 0 Å². The summed E-state index contributed by atoms with van der Waals surface area (Å²) in [6.07, 6.45) is 0. The van der Waals surface area contributed by atoms with E-state index in [4.69, 9.17) is 9.84 Å². The number of halogens is 2. The van der Waals surface area contributed by atoms with Gasteiger partial charge in [0.15, 0.2) is 0 Å². The number of carbonyl (C=O) groups is 2. The fourth-order valence-electron chi connectivity index (χ4n) is 3.20. The first kappa shape index (κ1) is 21.2. The van der Waals surface area contributed by atoms with Crippen LogP contribution in [-0.2, 0) is 14.3 Å². The van der Waals surface area contributed by atoms with Gasteiger partial charge in [-0.15, -0.1) is 0 Å². The summed E-state index contributed by atoms with van der Waals surface area (Å²) in [5, 5.41) is 19.7. The minimum Gasteiger partial charge on any atom is -0.507 e. The van der Waals surface area contributed by atoms with Crippen LogP contribution in [0.25, 0.3) is 5.76 Å². The van der Waals surface area contributed by atoms with Crippen molar-refractivity contribution in [3.8, 4) is 0 Å². The fraction of sp³-hybridized carbons (Fsp3) is 0.238. The predicted molar refractivity (Wildman–Crippen MR) is 107 cm³/mol. The lowest BCUT2D eigenvalue weighted by Gasteiger charge is -2.25. The van der Waals surface area contributed by atoms with Gasteiger partial charge in [0.05, 0.1) is 31.4 Å².